The molecule has 1 amide bonds. The summed E-state index contributed by atoms with van der Waals surface area (Å²) >= 11 is 1.66. The molecule has 2 aromatic heterocycles. The fourth-order valence-corrected chi connectivity index (χ4v) is 3.00. The quantitative estimate of drug-likeness (QED) is 0.725. The van der Waals surface area contributed by atoms with Crippen LogP contribution in [0.1, 0.15) is 29.3 Å². The molecule has 0 saturated carbocycles. The molecule has 118 valence electrons. The van der Waals surface area contributed by atoms with Gasteiger partial charge in [0.05, 0.1) is 5.69 Å². The Morgan fingerprint density at radius 2 is 2.13 bits per heavy atom. The maximum absolute atomic E-state index is 12.3. The molecule has 3 aromatic rings. The SMILES string of the molecule is CCCSc1nnc2ccc(NC(=O)c3cccc(C)c3)cn12. The van der Waals surface area contributed by atoms with E-state index in [9.17, 15) is 4.79 Å². The summed E-state index contributed by atoms with van der Waals surface area (Å²) in [6, 6.07) is 11.2. The normalized spacial score (nSPS) is 10.9. The van der Waals surface area contributed by atoms with Crippen LogP contribution >= 0.6 is 11.8 Å². The highest BCUT2D eigenvalue weighted by Crippen LogP contribution is 2.20. The summed E-state index contributed by atoms with van der Waals surface area (Å²) in [5, 5.41) is 12.1. The lowest BCUT2D eigenvalue weighted by atomic mass is 10.1. The molecule has 2 heterocycles. The molecule has 0 bridgehead atoms. The van der Waals surface area contributed by atoms with Crippen molar-refractivity contribution in [1.82, 2.24) is 14.6 Å². The number of benzene rings is 1. The number of carbonyl (C=O) groups excluding carboxylic acids is 1. The zero-order valence-electron chi connectivity index (χ0n) is 13.1. The van der Waals surface area contributed by atoms with E-state index >= 15 is 0 Å². The lowest BCUT2D eigenvalue weighted by Crippen LogP contribution is -2.12. The number of anilines is 1. The number of aryl methyl sites for hydroxylation is 1. The molecule has 0 radical (unpaired) electrons. The Hall–Kier alpha value is -2.34. The van der Waals surface area contributed by atoms with E-state index in [0.717, 1.165) is 34.2 Å². The van der Waals surface area contributed by atoms with Gasteiger partial charge in [0.25, 0.3) is 5.91 Å². The Bertz CT molecular complexity index is 843. The first-order valence-corrected chi connectivity index (χ1v) is 8.51. The smallest absolute Gasteiger partial charge is 0.255 e. The Kier molecular flexibility index (Phi) is 4.62. The first-order valence-electron chi connectivity index (χ1n) is 7.53. The van der Waals surface area contributed by atoms with E-state index in [1.807, 2.05) is 53.9 Å². The predicted molar refractivity (Wildman–Crippen MR) is 93.1 cm³/mol. The van der Waals surface area contributed by atoms with Crippen molar-refractivity contribution in [3.8, 4) is 0 Å². The number of nitrogens with zero attached hydrogens (tertiary/aromatic N) is 3. The number of rotatable bonds is 5. The summed E-state index contributed by atoms with van der Waals surface area (Å²) in [5.41, 5.74) is 3.21. The lowest BCUT2D eigenvalue weighted by Gasteiger charge is -2.07. The van der Waals surface area contributed by atoms with Gasteiger partial charge in [0.2, 0.25) is 0 Å². The largest absolute Gasteiger partial charge is 0.321 e. The van der Waals surface area contributed by atoms with Crippen molar-refractivity contribution in [2.24, 2.45) is 0 Å². The van der Waals surface area contributed by atoms with Gasteiger partial charge in [-0.05, 0) is 37.6 Å². The molecule has 0 aliphatic carbocycles. The number of fused-ring (bicyclic) bond motifs is 1. The van der Waals surface area contributed by atoms with Crippen molar-refractivity contribution in [2.45, 2.75) is 25.4 Å². The Morgan fingerprint density at radius 1 is 1.26 bits per heavy atom. The van der Waals surface area contributed by atoms with Crippen LogP contribution in [0.3, 0.4) is 0 Å². The van der Waals surface area contributed by atoms with Gasteiger partial charge in [0.1, 0.15) is 0 Å². The van der Waals surface area contributed by atoms with Crippen LogP contribution in [-0.4, -0.2) is 26.3 Å². The molecule has 0 spiro atoms. The van der Waals surface area contributed by atoms with E-state index in [1.165, 1.54) is 0 Å². The first-order chi connectivity index (χ1) is 11.2. The molecule has 5 nitrogen and oxygen atoms in total. The number of amides is 1. The summed E-state index contributed by atoms with van der Waals surface area (Å²) < 4.78 is 1.91. The van der Waals surface area contributed by atoms with Crippen molar-refractivity contribution in [3.05, 3.63) is 53.7 Å². The van der Waals surface area contributed by atoms with E-state index in [4.69, 9.17) is 0 Å². The van der Waals surface area contributed by atoms with Crippen molar-refractivity contribution >= 4 is 29.0 Å². The second kappa shape index (κ2) is 6.83. The van der Waals surface area contributed by atoms with E-state index in [0.29, 0.717) is 5.56 Å². The van der Waals surface area contributed by atoms with E-state index in [-0.39, 0.29) is 5.91 Å². The number of thioether (sulfide) groups is 1. The number of nitrogens with one attached hydrogen (secondary N) is 1. The second-order valence-electron chi connectivity index (χ2n) is 5.30. The monoisotopic (exact) mass is 326 g/mol. The van der Waals surface area contributed by atoms with Gasteiger partial charge in [0, 0.05) is 17.5 Å². The van der Waals surface area contributed by atoms with Gasteiger partial charge in [-0.3, -0.25) is 9.20 Å². The summed E-state index contributed by atoms with van der Waals surface area (Å²) in [7, 11) is 0. The first kappa shape index (κ1) is 15.6. The minimum atomic E-state index is -0.121. The van der Waals surface area contributed by atoms with Crippen molar-refractivity contribution in [2.75, 3.05) is 11.1 Å². The number of aromatic nitrogens is 3. The molecule has 0 fully saturated rings. The maximum atomic E-state index is 12.3. The summed E-state index contributed by atoms with van der Waals surface area (Å²) in [6.07, 6.45) is 2.93. The number of pyridine rings is 1. The molecule has 1 N–H and O–H groups in total. The highest BCUT2D eigenvalue weighted by atomic mass is 32.2. The highest BCUT2D eigenvalue weighted by molar-refractivity contribution is 7.99. The van der Waals surface area contributed by atoms with Crippen LogP contribution in [0.2, 0.25) is 0 Å². The Morgan fingerprint density at radius 3 is 2.91 bits per heavy atom. The van der Waals surface area contributed by atoms with Gasteiger partial charge in [-0.25, -0.2) is 0 Å². The van der Waals surface area contributed by atoms with Gasteiger partial charge < -0.3 is 5.32 Å². The minimum absolute atomic E-state index is 0.121. The third-order valence-corrected chi connectivity index (χ3v) is 4.49. The lowest BCUT2D eigenvalue weighted by molar-refractivity contribution is 0.102. The summed E-state index contributed by atoms with van der Waals surface area (Å²) in [4.78, 5) is 12.3. The molecule has 0 unspecified atom stereocenters. The predicted octanol–water partition coefficient (Wildman–Crippen LogP) is 3.79. The van der Waals surface area contributed by atoms with Crippen LogP contribution in [0, 0.1) is 6.92 Å². The molecule has 0 saturated heterocycles. The second-order valence-corrected chi connectivity index (χ2v) is 6.36. The van der Waals surface area contributed by atoms with Crippen molar-refractivity contribution < 1.29 is 4.79 Å². The van der Waals surface area contributed by atoms with Crippen LogP contribution in [-0.2, 0) is 0 Å². The van der Waals surface area contributed by atoms with E-state index in [2.05, 4.69) is 22.4 Å². The van der Waals surface area contributed by atoms with Crippen LogP contribution in [0.25, 0.3) is 5.65 Å². The fourth-order valence-electron chi connectivity index (χ4n) is 2.23. The van der Waals surface area contributed by atoms with E-state index < -0.39 is 0 Å². The third-order valence-electron chi connectivity index (χ3n) is 3.34. The Balaban J connectivity index is 1.83. The molecule has 0 aliphatic rings. The maximum Gasteiger partial charge on any atom is 0.255 e. The van der Waals surface area contributed by atoms with Crippen LogP contribution < -0.4 is 5.32 Å². The third kappa shape index (κ3) is 3.53. The molecule has 6 heteroatoms. The fraction of sp³-hybridized carbons (Fsp3) is 0.235. The summed E-state index contributed by atoms with van der Waals surface area (Å²) in [5.74, 6) is 0.865. The topological polar surface area (TPSA) is 59.3 Å². The molecule has 0 atom stereocenters. The molecule has 0 aliphatic heterocycles. The summed E-state index contributed by atoms with van der Waals surface area (Å²) in [6.45, 7) is 4.10. The number of hydrogen-bond acceptors (Lipinski definition) is 4. The van der Waals surface area contributed by atoms with E-state index in [1.54, 1.807) is 11.8 Å². The van der Waals surface area contributed by atoms with Crippen molar-refractivity contribution in [3.63, 3.8) is 0 Å². The Labute approximate surface area is 139 Å². The molecule has 1 aromatic carbocycles. The van der Waals surface area contributed by atoms with Crippen LogP contribution in [0.4, 0.5) is 5.69 Å². The standard InChI is InChI=1S/C17H18N4OS/c1-3-9-23-17-20-19-15-8-7-14(11-21(15)17)18-16(22)13-6-4-5-12(2)10-13/h4-8,10-11H,3,9H2,1-2H3,(H,18,22). The zero-order chi connectivity index (χ0) is 16.2. The van der Waals surface area contributed by atoms with Gasteiger partial charge >= 0.3 is 0 Å². The van der Waals surface area contributed by atoms with Gasteiger partial charge in [-0.1, -0.05) is 36.4 Å². The molecule has 23 heavy (non-hydrogen) atoms. The zero-order valence-corrected chi connectivity index (χ0v) is 13.9. The van der Waals surface area contributed by atoms with Gasteiger partial charge in [-0.15, -0.1) is 10.2 Å². The average molecular weight is 326 g/mol. The van der Waals surface area contributed by atoms with Gasteiger partial charge in [0.15, 0.2) is 10.8 Å². The highest BCUT2D eigenvalue weighted by Gasteiger charge is 2.09. The van der Waals surface area contributed by atoms with Crippen LogP contribution in [0.5, 0.6) is 0 Å². The van der Waals surface area contributed by atoms with Gasteiger partial charge in [-0.2, -0.15) is 0 Å². The van der Waals surface area contributed by atoms with Crippen LogP contribution in [0.15, 0.2) is 47.8 Å². The average Bonchev–Trinajstić information content (AvgIpc) is 2.95. The number of carbonyl (C=O) groups is 1. The molecule has 3 rings (SSSR count). The minimum Gasteiger partial charge on any atom is -0.321 e. The number of hydrogen-bond donors (Lipinski definition) is 1. The molecular formula is C17H18N4OS. The molecular weight excluding hydrogens is 308 g/mol. The van der Waals surface area contributed by atoms with Crippen molar-refractivity contribution in [1.29, 1.82) is 0 Å².